The van der Waals surface area contributed by atoms with Crippen molar-refractivity contribution in [2.24, 2.45) is 0 Å². The second kappa shape index (κ2) is 8.19. The number of Topliss-reactive ketones (excluding diaryl/α,β-unsaturated/α-hetero) is 1. The molecule has 1 saturated heterocycles. The topological polar surface area (TPSA) is 38.8 Å². The maximum Gasteiger partial charge on any atom is 0.198 e. The summed E-state index contributed by atoms with van der Waals surface area (Å²) in [4.78, 5) is 13.8. The van der Waals surface area contributed by atoms with E-state index in [0.29, 0.717) is 17.9 Å². The fraction of sp³-hybridized carbons (Fsp3) is 0.100. The Morgan fingerprint density at radius 3 is 2.18 bits per heavy atom. The van der Waals surface area contributed by atoms with Crippen molar-refractivity contribution in [3.05, 3.63) is 126 Å². The van der Waals surface area contributed by atoms with Gasteiger partial charge in [0, 0.05) is 0 Å². The molecule has 0 aromatic heterocycles. The zero-order chi connectivity index (χ0) is 22.2. The molecular formula is C30H22O3. The highest BCUT2D eigenvalue weighted by Crippen LogP contribution is 2.45. The molecule has 5 aromatic carbocycles. The molecule has 1 aliphatic heterocycles. The molecule has 160 valence electrons. The molecule has 3 nitrogen and oxygen atoms in total. The van der Waals surface area contributed by atoms with E-state index < -0.39 is 6.10 Å². The van der Waals surface area contributed by atoms with Crippen molar-refractivity contribution in [2.45, 2.75) is 18.8 Å². The van der Waals surface area contributed by atoms with Crippen LogP contribution in [-0.2, 0) is 11.3 Å². The van der Waals surface area contributed by atoms with E-state index in [1.807, 2.05) is 84.9 Å². The first-order valence-electron chi connectivity index (χ1n) is 11.2. The molecule has 0 unspecified atom stereocenters. The second-order valence-corrected chi connectivity index (χ2v) is 8.34. The molecular weight excluding hydrogens is 408 g/mol. The summed E-state index contributed by atoms with van der Waals surface area (Å²) in [6.07, 6.45) is -0.759. The van der Waals surface area contributed by atoms with Gasteiger partial charge in [-0.15, -0.1) is 0 Å². The van der Waals surface area contributed by atoms with Crippen LogP contribution in [0.5, 0.6) is 5.75 Å². The smallest absolute Gasteiger partial charge is 0.198 e. The average molecular weight is 431 g/mol. The molecule has 0 bridgehead atoms. The quantitative estimate of drug-likeness (QED) is 0.217. The lowest BCUT2D eigenvalue weighted by Gasteiger charge is -2.13. The number of carbonyl (C=O) groups is 1. The van der Waals surface area contributed by atoms with Gasteiger partial charge in [-0.1, -0.05) is 103 Å². The van der Waals surface area contributed by atoms with Gasteiger partial charge in [-0.25, -0.2) is 0 Å². The fourth-order valence-electron chi connectivity index (χ4n) is 4.55. The van der Waals surface area contributed by atoms with E-state index in [1.165, 1.54) is 0 Å². The number of fused-ring (bicyclic) bond motifs is 2. The van der Waals surface area contributed by atoms with E-state index in [0.717, 1.165) is 32.7 Å². The number of epoxide rings is 1. The highest BCUT2D eigenvalue weighted by atomic mass is 16.6. The zero-order valence-electron chi connectivity index (χ0n) is 18.0. The Labute approximate surface area is 192 Å². The SMILES string of the molecule is O=C(c1c(OCc2ccccc2)ccc2ccccc12)[C@@H]1O[C@H]1c1cccc2ccccc12. The molecule has 33 heavy (non-hydrogen) atoms. The van der Waals surface area contributed by atoms with Crippen LogP contribution in [0.4, 0.5) is 0 Å². The summed E-state index contributed by atoms with van der Waals surface area (Å²) in [6.45, 7) is 0.401. The van der Waals surface area contributed by atoms with E-state index >= 15 is 0 Å². The van der Waals surface area contributed by atoms with Crippen molar-refractivity contribution in [2.75, 3.05) is 0 Å². The molecule has 0 radical (unpaired) electrons. The first kappa shape index (κ1) is 19.7. The molecule has 0 spiro atoms. The number of hydrogen-bond donors (Lipinski definition) is 0. The molecule has 0 aliphatic carbocycles. The zero-order valence-corrected chi connectivity index (χ0v) is 18.0. The lowest BCUT2D eigenvalue weighted by Crippen LogP contribution is -2.12. The molecule has 0 N–H and O–H groups in total. The van der Waals surface area contributed by atoms with Gasteiger partial charge in [-0.3, -0.25) is 4.79 Å². The Morgan fingerprint density at radius 2 is 1.36 bits per heavy atom. The Balaban J connectivity index is 1.36. The molecule has 0 amide bonds. The predicted octanol–water partition coefficient (Wildman–Crippen LogP) is 6.89. The minimum atomic E-state index is -0.513. The number of ketones is 1. The molecule has 1 fully saturated rings. The van der Waals surface area contributed by atoms with Crippen LogP contribution >= 0.6 is 0 Å². The summed E-state index contributed by atoms with van der Waals surface area (Å²) in [7, 11) is 0. The van der Waals surface area contributed by atoms with Crippen molar-refractivity contribution in [1.29, 1.82) is 0 Å². The van der Waals surface area contributed by atoms with Crippen molar-refractivity contribution in [1.82, 2.24) is 0 Å². The van der Waals surface area contributed by atoms with Crippen molar-refractivity contribution in [3.8, 4) is 5.75 Å². The van der Waals surface area contributed by atoms with Crippen molar-refractivity contribution < 1.29 is 14.3 Å². The lowest BCUT2D eigenvalue weighted by atomic mass is 9.95. The van der Waals surface area contributed by atoms with Gasteiger partial charge in [0.1, 0.15) is 18.5 Å². The molecule has 3 heteroatoms. The highest BCUT2D eigenvalue weighted by molar-refractivity contribution is 6.13. The van der Waals surface area contributed by atoms with E-state index in [-0.39, 0.29) is 11.9 Å². The predicted molar refractivity (Wildman–Crippen MR) is 131 cm³/mol. The molecule has 0 saturated carbocycles. The van der Waals surface area contributed by atoms with E-state index in [9.17, 15) is 4.79 Å². The summed E-state index contributed by atoms with van der Waals surface area (Å²) in [6, 6.07) is 36.2. The fourth-order valence-corrected chi connectivity index (χ4v) is 4.55. The van der Waals surface area contributed by atoms with Crippen molar-refractivity contribution >= 4 is 27.3 Å². The Kier molecular flexibility index (Phi) is 4.89. The standard InChI is InChI=1S/C30H22O3/c31-28(30-29(33-30)25-16-8-13-21-11-4-6-14-23(21)25)27-24-15-7-5-12-22(24)17-18-26(27)32-19-20-9-2-1-3-10-20/h1-18,29-30H,19H2/t29-,30-/m0/s1. The summed E-state index contributed by atoms with van der Waals surface area (Å²) in [5.74, 6) is 0.558. The molecule has 6 rings (SSSR count). The van der Waals surface area contributed by atoms with Gasteiger partial charge in [0.25, 0.3) is 0 Å². The third-order valence-electron chi connectivity index (χ3n) is 6.25. The number of carbonyl (C=O) groups excluding carboxylic acids is 1. The van der Waals surface area contributed by atoms with E-state index in [1.54, 1.807) is 0 Å². The Bertz CT molecular complexity index is 1470. The maximum atomic E-state index is 13.8. The van der Waals surface area contributed by atoms with Gasteiger partial charge in [-0.2, -0.15) is 0 Å². The lowest BCUT2D eigenvalue weighted by molar-refractivity contribution is 0.0951. The third kappa shape index (κ3) is 3.67. The van der Waals surface area contributed by atoms with Crippen LogP contribution in [0.15, 0.2) is 109 Å². The van der Waals surface area contributed by atoms with Gasteiger partial charge in [0.05, 0.1) is 5.56 Å². The minimum absolute atomic E-state index is 0.0344. The highest BCUT2D eigenvalue weighted by Gasteiger charge is 2.48. The Morgan fingerprint density at radius 1 is 0.697 bits per heavy atom. The molecule has 2 atom stereocenters. The van der Waals surface area contributed by atoms with Crippen LogP contribution in [0.2, 0.25) is 0 Å². The average Bonchev–Trinajstić information content (AvgIpc) is 3.68. The number of benzene rings is 5. The normalized spacial score (nSPS) is 17.2. The van der Waals surface area contributed by atoms with Crippen LogP contribution in [0.1, 0.15) is 27.6 Å². The summed E-state index contributed by atoms with van der Waals surface area (Å²) in [5.41, 5.74) is 2.70. The largest absolute Gasteiger partial charge is 0.488 e. The van der Waals surface area contributed by atoms with Gasteiger partial charge >= 0.3 is 0 Å². The van der Waals surface area contributed by atoms with Crippen LogP contribution in [0.25, 0.3) is 21.5 Å². The van der Waals surface area contributed by atoms with Crippen LogP contribution in [0.3, 0.4) is 0 Å². The Hall–Kier alpha value is -3.95. The van der Waals surface area contributed by atoms with E-state index in [4.69, 9.17) is 9.47 Å². The monoisotopic (exact) mass is 430 g/mol. The van der Waals surface area contributed by atoms with Crippen LogP contribution in [-0.4, -0.2) is 11.9 Å². The number of hydrogen-bond acceptors (Lipinski definition) is 3. The summed E-state index contributed by atoms with van der Waals surface area (Å²) >= 11 is 0. The van der Waals surface area contributed by atoms with Crippen molar-refractivity contribution in [3.63, 3.8) is 0 Å². The first-order chi connectivity index (χ1) is 16.3. The second-order valence-electron chi connectivity index (χ2n) is 8.34. The third-order valence-corrected chi connectivity index (χ3v) is 6.25. The number of rotatable bonds is 6. The minimum Gasteiger partial charge on any atom is -0.488 e. The first-order valence-corrected chi connectivity index (χ1v) is 11.2. The van der Waals surface area contributed by atoms with Gasteiger partial charge < -0.3 is 9.47 Å². The van der Waals surface area contributed by atoms with E-state index in [2.05, 4.69) is 24.3 Å². The molecule has 1 heterocycles. The molecule has 1 aliphatic rings. The molecule has 5 aromatic rings. The number of ether oxygens (including phenoxy) is 2. The summed E-state index contributed by atoms with van der Waals surface area (Å²) < 4.78 is 12.2. The van der Waals surface area contributed by atoms with Gasteiger partial charge in [0.15, 0.2) is 11.9 Å². The van der Waals surface area contributed by atoms with Gasteiger partial charge in [0.2, 0.25) is 0 Å². The maximum absolute atomic E-state index is 13.8. The van der Waals surface area contributed by atoms with Crippen LogP contribution < -0.4 is 4.74 Å². The van der Waals surface area contributed by atoms with Gasteiger partial charge in [-0.05, 0) is 38.7 Å². The van der Waals surface area contributed by atoms with Crippen LogP contribution in [0, 0.1) is 0 Å². The summed E-state index contributed by atoms with van der Waals surface area (Å²) in [5, 5.41) is 4.17.